The van der Waals surface area contributed by atoms with Crippen molar-refractivity contribution in [2.24, 2.45) is 7.05 Å². The van der Waals surface area contributed by atoms with Gasteiger partial charge in [-0.2, -0.15) is 0 Å². The molecular weight excluding hydrogens is 228 g/mol. The van der Waals surface area contributed by atoms with Gasteiger partial charge in [-0.3, -0.25) is 0 Å². The third-order valence-electron chi connectivity index (χ3n) is 2.96. The van der Waals surface area contributed by atoms with Crippen LogP contribution in [0, 0.1) is 0 Å². The number of aliphatic hydroxyl groups excluding tert-OH is 1. The molecule has 1 unspecified atom stereocenters. The van der Waals surface area contributed by atoms with Gasteiger partial charge in [-0.25, -0.2) is 4.98 Å². The zero-order valence-corrected chi connectivity index (χ0v) is 11.0. The van der Waals surface area contributed by atoms with Crippen molar-refractivity contribution in [2.45, 2.75) is 25.9 Å². The number of nitrogens with zero attached hydrogens (tertiary/aromatic N) is 2. The van der Waals surface area contributed by atoms with Crippen LogP contribution in [0.5, 0.6) is 0 Å². The first-order valence-electron chi connectivity index (χ1n) is 6.38. The third-order valence-corrected chi connectivity index (χ3v) is 2.96. The molecule has 0 amide bonds. The lowest BCUT2D eigenvalue weighted by Crippen LogP contribution is -2.20. The Bertz CT molecular complexity index is 507. The Kier molecular flexibility index (Phi) is 4.33. The fourth-order valence-corrected chi connectivity index (χ4v) is 2.01. The predicted octanol–water partition coefficient (Wildman–Crippen LogP) is 1.90. The molecule has 1 heterocycles. The molecule has 0 saturated heterocycles. The maximum Gasteiger partial charge on any atom is 0.112 e. The van der Waals surface area contributed by atoms with Crippen molar-refractivity contribution in [3.63, 3.8) is 0 Å². The topological polar surface area (TPSA) is 47.3 Å². The first-order chi connectivity index (χ1) is 8.72. The van der Waals surface area contributed by atoms with Crippen LogP contribution in [-0.2, 0) is 18.2 Å². The van der Waals surface area contributed by atoms with Crippen LogP contribution in [0.4, 0.5) is 0 Å². The molecule has 4 heteroatoms. The van der Waals surface area contributed by atoms with E-state index in [1.165, 1.54) is 0 Å². The van der Waals surface area contributed by atoms with Crippen molar-refractivity contribution >= 4 is 11.0 Å². The fraction of sp³-hybridized carbons (Fsp3) is 0.500. The Morgan fingerprint density at radius 2 is 2.17 bits per heavy atom. The van der Waals surface area contributed by atoms with Crippen LogP contribution in [0.25, 0.3) is 11.0 Å². The largest absolute Gasteiger partial charge is 0.390 e. The summed E-state index contributed by atoms with van der Waals surface area (Å²) >= 11 is 0. The molecule has 4 nitrogen and oxygen atoms in total. The Hall–Kier alpha value is -1.39. The number of hydrogen-bond acceptors (Lipinski definition) is 3. The molecule has 2 aromatic rings. The number of imidazole rings is 1. The molecule has 1 aromatic carbocycles. The average Bonchev–Trinajstić information content (AvgIpc) is 2.67. The van der Waals surface area contributed by atoms with Gasteiger partial charge in [0.25, 0.3) is 0 Å². The highest BCUT2D eigenvalue weighted by atomic mass is 16.5. The molecule has 0 saturated carbocycles. The minimum atomic E-state index is -0.493. The van der Waals surface area contributed by atoms with E-state index in [1.54, 1.807) is 0 Å². The summed E-state index contributed by atoms with van der Waals surface area (Å²) in [7, 11) is 1.98. The van der Waals surface area contributed by atoms with Crippen LogP contribution in [0.2, 0.25) is 0 Å². The van der Waals surface area contributed by atoms with Gasteiger partial charge in [-0.1, -0.05) is 19.1 Å². The Morgan fingerprint density at radius 1 is 1.39 bits per heavy atom. The van der Waals surface area contributed by atoms with Crippen molar-refractivity contribution < 1.29 is 9.84 Å². The number of rotatable bonds is 6. The fourth-order valence-electron chi connectivity index (χ4n) is 2.01. The standard InChI is InChI=1S/C14H20N2O2/c1-3-8-18-10-11(17)9-14-15-12-6-4-5-7-13(12)16(14)2/h4-7,11,17H,3,8-10H2,1-2H3. The first kappa shape index (κ1) is 13.1. The number of benzene rings is 1. The van der Waals surface area contributed by atoms with E-state index in [0.717, 1.165) is 23.3 Å². The summed E-state index contributed by atoms with van der Waals surface area (Å²) in [5.74, 6) is 0.892. The van der Waals surface area contributed by atoms with E-state index in [4.69, 9.17) is 4.74 Å². The van der Waals surface area contributed by atoms with E-state index in [0.29, 0.717) is 19.6 Å². The highest BCUT2D eigenvalue weighted by molar-refractivity contribution is 5.75. The Balaban J connectivity index is 2.05. The minimum absolute atomic E-state index is 0.372. The monoisotopic (exact) mass is 248 g/mol. The van der Waals surface area contributed by atoms with E-state index >= 15 is 0 Å². The van der Waals surface area contributed by atoms with E-state index < -0.39 is 6.10 Å². The molecule has 0 radical (unpaired) electrons. The van der Waals surface area contributed by atoms with Gasteiger partial charge in [-0.05, 0) is 18.6 Å². The third kappa shape index (κ3) is 2.89. The van der Waals surface area contributed by atoms with Crippen LogP contribution < -0.4 is 0 Å². The molecule has 1 aromatic heterocycles. The average molecular weight is 248 g/mol. The summed E-state index contributed by atoms with van der Waals surface area (Å²) in [5, 5.41) is 9.90. The molecule has 0 bridgehead atoms. The SMILES string of the molecule is CCCOCC(O)Cc1nc2ccccc2n1C. The summed E-state index contributed by atoms with van der Waals surface area (Å²) in [6.45, 7) is 3.12. The van der Waals surface area contributed by atoms with E-state index in [-0.39, 0.29) is 0 Å². The smallest absolute Gasteiger partial charge is 0.112 e. The van der Waals surface area contributed by atoms with Crippen LogP contribution in [0.15, 0.2) is 24.3 Å². The molecule has 0 aliphatic rings. The lowest BCUT2D eigenvalue weighted by molar-refractivity contribution is 0.0362. The quantitative estimate of drug-likeness (QED) is 0.794. The normalized spacial score (nSPS) is 13.1. The molecule has 1 atom stereocenters. The zero-order valence-electron chi connectivity index (χ0n) is 11.0. The number of aromatic nitrogens is 2. The van der Waals surface area contributed by atoms with Crippen LogP contribution in [-0.4, -0.2) is 34.0 Å². The van der Waals surface area contributed by atoms with Gasteiger partial charge in [0.2, 0.25) is 0 Å². The van der Waals surface area contributed by atoms with Gasteiger partial charge < -0.3 is 14.4 Å². The number of para-hydroxylation sites is 2. The van der Waals surface area contributed by atoms with Gasteiger partial charge >= 0.3 is 0 Å². The number of ether oxygens (including phenoxy) is 1. The van der Waals surface area contributed by atoms with Crippen molar-refractivity contribution in [3.05, 3.63) is 30.1 Å². The number of fused-ring (bicyclic) bond motifs is 1. The number of aryl methyl sites for hydroxylation is 1. The molecule has 2 rings (SSSR count). The lowest BCUT2D eigenvalue weighted by Gasteiger charge is -2.10. The van der Waals surface area contributed by atoms with E-state index in [9.17, 15) is 5.11 Å². The van der Waals surface area contributed by atoms with E-state index in [1.807, 2.05) is 35.9 Å². The van der Waals surface area contributed by atoms with Gasteiger partial charge in [-0.15, -0.1) is 0 Å². The summed E-state index contributed by atoms with van der Waals surface area (Å²) in [6, 6.07) is 7.99. The number of hydrogen-bond donors (Lipinski definition) is 1. The minimum Gasteiger partial charge on any atom is -0.390 e. The highest BCUT2D eigenvalue weighted by Crippen LogP contribution is 2.15. The number of aliphatic hydroxyl groups is 1. The molecule has 0 aliphatic carbocycles. The molecule has 0 fully saturated rings. The van der Waals surface area contributed by atoms with Crippen molar-refractivity contribution in [3.8, 4) is 0 Å². The molecule has 1 N–H and O–H groups in total. The van der Waals surface area contributed by atoms with Crippen molar-refractivity contribution in [1.29, 1.82) is 0 Å². The lowest BCUT2D eigenvalue weighted by atomic mass is 10.2. The van der Waals surface area contributed by atoms with Crippen LogP contribution >= 0.6 is 0 Å². The molecule has 18 heavy (non-hydrogen) atoms. The van der Waals surface area contributed by atoms with Gasteiger partial charge in [0.05, 0.1) is 23.7 Å². The second kappa shape index (κ2) is 5.98. The summed E-state index contributed by atoms with van der Waals surface area (Å²) in [4.78, 5) is 4.53. The second-order valence-corrected chi connectivity index (χ2v) is 4.51. The molecule has 98 valence electrons. The highest BCUT2D eigenvalue weighted by Gasteiger charge is 2.12. The molecule has 0 aliphatic heterocycles. The van der Waals surface area contributed by atoms with Crippen molar-refractivity contribution in [2.75, 3.05) is 13.2 Å². The summed E-state index contributed by atoms with van der Waals surface area (Å²) < 4.78 is 7.37. The molecule has 0 spiro atoms. The molecular formula is C14H20N2O2. The van der Waals surface area contributed by atoms with Crippen molar-refractivity contribution in [1.82, 2.24) is 9.55 Å². The van der Waals surface area contributed by atoms with Gasteiger partial charge in [0, 0.05) is 20.1 Å². The Morgan fingerprint density at radius 3 is 2.89 bits per heavy atom. The maximum atomic E-state index is 9.90. The first-order valence-corrected chi connectivity index (χ1v) is 6.38. The van der Waals surface area contributed by atoms with Gasteiger partial charge in [0.15, 0.2) is 0 Å². The van der Waals surface area contributed by atoms with E-state index in [2.05, 4.69) is 11.9 Å². The second-order valence-electron chi connectivity index (χ2n) is 4.51. The van der Waals surface area contributed by atoms with Crippen LogP contribution in [0.3, 0.4) is 0 Å². The predicted molar refractivity (Wildman–Crippen MR) is 71.5 cm³/mol. The summed E-state index contributed by atoms with van der Waals surface area (Å²) in [6.07, 6.45) is 1.00. The van der Waals surface area contributed by atoms with Crippen LogP contribution in [0.1, 0.15) is 19.2 Å². The maximum absolute atomic E-state index is 9.90. The summed E-state index contributed by atoms with van der Waals surface area (Å²) in [5.41, 5.74) is 2.06. The Labute approximate surface area is 107 Å². The van der Waals surface area contributed by atoms with Gasteiger partial charge in [0.1, 0.15) is 5.82 Å². The zero-order chi connectivity index (χ0) is 13.0.